The van der Waals surface area contributed by atoms with Crippen molar-refractivity contribution in [3.05, 3.63) is 21.9 Å². The van der Waals surface area contributed by atoms with Crippen molar-refractivity contribution in [2.45, 2.75) is 26.4 Å². The first-order valence-corrected chi connectivity index (χ1v) is 7.38. The van der Waals surface area contributed by atoms with Gasteiger partial charge in [-0.3, -0.25) is 4.90 Å². The highest BCUT2D eigenvalue weighted by molar-refractivity contribution is 7.10. The first kappa shape index (κ1) is 13.5. The standard InChI is InChI=1S/C14H21N3S/c1-11(2)14-9-16(3)4-5-17(14)8-13-6-12(7-15)10-18-13/h6,10-11,14H,4-5,8-9H2,1-3H3/t14-/m0/s1. The van der Waals surface area contributed by atoms with Crippen molar-refractivity contribution in [3.63, 3.8) is 0 Å². The van der Waals surface area contributed by atoms with E-state index in [9.17, 15) is 0 Å². The average molecular weight is 263 g/mol. The maximum Gasteiger partial charge on any atom is 0.100 e. The molecule has 0 amide bonds. The lowest BCUT2D eigenvalue weighted by molar-refractivity contribution is 0.0579. The summed E-state index contributed by atoms with van der Waals surface area (Å²) in [4.78, 5) is 6.29. The Hall–Kier alpha value is -0.890. The first-order valence-electron chi connectivity index (χ1n) is 6.50. The summed E-state index contributed by atoms with van der Waals surface area (Å²) < 4.78 is 0. The summed E-state index contributed by atoms with van der Waals surface area (Å²) in [6.07, 6.45) is 0. The molecule has 2 heterocycles. The summed E-state index contributed by atoms with van der Waals surface area (Å²) in [6.45, 7) is 8.99. The monoisotopic (exact) mass is 263 g/mol. The van der Waals surface area contributed by atoms with Gasteiger partial charge in [-0.25, -0.2) is 0 Å². The highest BCUT2D eigenvalue weighted by Gasteiger charge is 2.27. The van der Waals surface area contributed by atoms with E-state index in [2.05, 4.69) is 36.8 Å². The SMILES string of the molecule is CC(C)[C@@H]1CN(C)CCN1Cc1cc(C#N)cs1. The molecule has 18 heavy (non-hydrogen) atoms. The molecule has 1 aromatic rings. The molecule has 0 unspecified atom stereocenters. The van der Waals surface area contributed by atoms with Crippen LogP contribution in [-0.2, 0) is 6.54 Å². The van der Waals surface area contributed by atoms with Gasteiger partial charge in [-0.15, -0.1) is 11.3 Å². The second kappa shape index (κ2) is 5.83. The zero-order chi connectivity index (χ0) is 13.1. The van der Waals surface area contributed by atoms with E-state index in [1.54, 1.807) is 11.3 Å². The zero-order valence-electron chi connectivity index (χ0n) is 11.4. The molecular weight excluding hydrogens is 242 g/mol. The molecule has 98 valence electrons. The molecule has 3 nitrogen and oxygen atoms in total. The van der Waals surface area contributed by atoms with Crippen LogP contribution in [0.25, 0.3) is 0 Å². The van der Waals surface area contributed by atoms with Gasteiger partial charge in [-0.2, -0.15) is 5.26 Å². The summed E-state index contributed by atoms with van der Waals surface area (Å²) in [5.41, 5.74) is 0.797. The van der Waals surface area contributed by atoms with E-state index in [-0.39, 0.29) is 0 Å². The topological polar surface area (TPSA) is 30.3 Å². The Morgan fingerprint density at radius 1 is 1.50 bits per heavy atom. The average Bonchev–Trinajstić information content (AvgIpc) is 2.79. The van der Waals surface area contributed by atoms with Crippen LogP contribution < -0.4 is 0 Å². The second-order valence-electron chi connectivity index (χ2n) is 5.46. The van der Waals surface area contributed by atoms with Crippen LogP contribution in [0.1, 0.15) is 24.3 Å². The number of nitriles is 1. The van der Waals surface area contributed by atoms with Crippen LogP contribution in [-0.4, -0.2) is 42.5 Å². The van der Waals surface area contributed by atoms with Crippen LogP contribution >= 0.6 is 11.3 Å². The quantitative estimate of drug-likeness (QED) is 0.839. The minimum atomic E-state index is 0.622. The number of piperazine rings is 1. The number of thiophene rings is 1. The molecule has 0 spiro atoms. The largest absolute Gasteiger partial charge is 0.304 e. The highest BCUT2D eigenvalue weighted by Crippen LogP contribution is 2.22. The molecule has 1 aromatic heterocycles. The second-order valence-corrected chi connectivity index (χ2v) is 6.45. The van der Waals surface area contributed by atoms with E-state index in [0.29, 0.717) is 12.0 Å². The Morgan fingerprint density at radius 3 is 2.89 bits per heavy atom. The lowest BCUT2D eigenvalue weighted by Crippen LogP contribution is -2.53. The van der Waals surface area contributed by atoms with Gasteiger partial charge >= 0.3 is 0 Å². The lowest BCUT2D eigenvalue weighted by atomic mass is 10.00. The van der Waals surface area contributed by atoms with Crippen molar-refractivity contribution in [2.75, 3.05) is 26.7 Å². The van der Waals surface area contributed by atoms with Crippen molar-refractivity contribution in [2.24, 2.45) is 5.92 Å². The van der Waals surface area contributed by atoms with E-state index >= 15 is 0 Å². The van der Waals surface area contributed by atoms with Gasteiger partial charge in [0.05, 0.1) is 5.56 Å². The fraction of sp³-hybridized carbons (Fsp3) is 0.643. The molecule has 0 bridgehead atoms. The smallest absolute Gasteiger partial charge is 0.100 e. The summed E-state index contributed by atoms with van der Waals surface area (Å²) in [7, 11) is 2.20. The Morgan fingerprint density at radius 2 is 2.28 bits per heavy atom. The summed E-state index contributed by atoms with van der Waals surface area (Å²) in [5, 5.41) is 10.8. The number of likely N-dealkylation sites (N-methyl/N-ethyl adjacent to an activating group) is 1. The van der Waals surface area contributed by atoms with Crippen LogP contribution in [0, 0.1) is 17.2 Å². The van der Waals surface area contributed by atoms with Crippen LogP contribution in [0.5, 0.6) is 0 Å². The Balaban J connectivity index is 2.04. The van der Waals surface area contributed by atoms with Crippen molar-refractivity contribution in [1.82, 2.24) is 9.80 Å². The van der Waals surface area contributed by atoms with Crippen molar-refractivity contribution < 1.29 is 0 Å². The van der Waals surface area contributed by atoms with Crippen LogP contribution in [0.2, 0.25) is 0 Å². The van der Waals surface area contributed by atoms with Crippen molar-refractivity contribution in [1.29, 1.82) is 5.26 Å². The maximum atomic E-state index is 8.87. The molecule has 0 aliphatic carbocycles. The predicted molar refractivity (Wildman–Crippen MR) is 75.6 cm³/mol. The normalized spacial score (nSPS) is 22.3. The fourth-order valence-electron chi connectivity index (χ4n) is 2.54. The van der Waals surface area contributed by atoms with Gasteiger partial charge in [0, 0.05) is 42.5 Å². The lowest BCUT2D eigenvalue weighted by Gasteiger charge is -2.42. The van der Waals surface area contributed by atoms with Gasteiger partial charge in [0.2, 0.25) is 0 Å². The molecule has 0 saturated carbocycles. The third kappa shape index (κ3) is 3.11. The van der Waals surface area contributed by atoms with Crippen molar-refractivity contribution in [3.8, 4) is 6.07 Å². The molecule has 0 aromatic carbocycles. The number of nitrogens with zero attached hydrogens (tertiary/aromatic N) is 3. The third-order valence-electron chi connectivity index (χ3n) is 3.65. The molecule has 1 fully saturated rings. The van der Waals surface area contributed by atoms with Gasteiger partial charge < -0.3 is 4.90 Å². The van der Waals surface area contributed by atoms with Gasteiger partial charge in [-0.05, 0) is 19.0 Å². The third-order valence-corrected chi connectivity index (χ3v) is 4.57. The Labute approximate surface area is 114 Å². The minimum Gasteiger partial charge on any atom is -0.304 e. The van der Waals surface area contributed by atoms with Crippen LogP contribution in [0.4, 0.5) is 0 Å². The van der Waals surface area contributed by atoms with Crippen LogP contribution in [0.15, 0.2) is 11.4 Å². The molecule has 4 heteroatoms. The maximum absolute atomic E-state index is 8.87. The minimum absolute atomic E-state index is 0.622. The van der Waals surface area contributed by atoms with E-state index in [0.717, 1.165) is 31.7 Å². The number of hydrogen-bond acceptors (Lipinski definition) is 4. The van der Waals surface area contributed by atoms with E-state index in [4.69, 9.17) is 5.26 Å². The predicted octanol–water partition coefficient (Wildman–Crippen LogP) is 2.39. The summed E-state index contributed by atoms with van der Waals surface area (Å²) >= 11 is 1.70. The summed E-state index contributed by atoms with van der Waals surface area (Å²) in [5.74, 6) is 0.670. The fourth-order valence-corrected chi connectivity index (χ4v) is 3.38. The van der Waals surface area contributed by atoms with E-state index in [1.807, 2.05) is 11.4 Å². The molecule has 0 N–H and O–H groups in total. The zero-order valence-corrected chi connectivity index (χ0v) is 12.2. The molecule has 1 aliphatic rings. The highest BCUT2D eigenvalue weighted by atomic mass is 32.1. The van der Waals surface area contributed by atoms with Crippen molar-refractivity contribution >= 4 is 11.3 Å². The number of hydrogen-bond donors (Lipinski definition) is 0. The molecule has 1 saturated heterocycles. The number of rotatable bonds is 3. The Kier molecular flexibility index (Phi) is 4.39. The first-order chi connectivity index (χ1) is 8.60. The van der Waals surface area contributed by atoms with Gasteiger partial charge in [-0.1, -0.05) is 13.8 Å². The van der Waals surface area contributed by atoms with Crippen LogP contribution in [0.3, 0.4) is 0 Å². The van der Waals surface area contributed by atoms with Gasteiger partial charge in [0.25, 0.3) is 0 Å². The molecule has 1 aliphatic heterocycles. The van der Waals surface area contributed by atoms with Gasteiger partial charge in [0.1, 0.15) is 6.07 Å². The van der Waals surface area contributed by atoms with Gasteiger partial charge in [0.15, 0.2) is 0 Å². The molecule has 2 rings (SSSR count). The van der Waals surface area contributed by atoms with E-state index in [1.165, 1.54) is 4.88 Å². The summed E-state index contributed by atoms with van der Waals surface area (Å²) in [6, 6.07) is 4.86. The molecular formula is C14H21N3S. The molecule has 1 atom stereocenters. The Bertz CT molecular complexity index is 432. The van der Waals surface area contributed by atoms with E-state index < -0.39 is 0 Å². The molecule has 0 radical (unpaired) electrons.